The molecule has 0 bridgehead atoms. The summed E-state index contributed by atoms with van der Waals surface area (Å²) in [5, 5.41) is 0. The van der Waals surface area contributed by atoms with E-state index in [1.165, 1.54) is 0 Å². The topological polar surface area (TPSA) is 86.7 Å². The minimum Gasteiger partial charge on any atom is -0.491 e. The number of carbonyl (C=O) groups is 1. The number of carbonyl (C=O) groups excluding carboxylic acids is 1. The Labute approximate surface area is 187 Å². The number of aromatic nitrogens is 3. The first-order valence-corrected chi connectivity index (χ1v) is 10.5. The summed E-state index contributed by atoms with van der Waals surface area (Å²) in [5.41, 5.74) is 4.44. The van der Waals surface area contributed by atoms with Gasteiger partial charge in [-0.05, 0) is 37.1 Å². The summed E-state index contributed by atoms with van der Waals surface area (Å²) in [6.07, 6.45) is 5.39. The molecule has 1 aliphatic heterocycles. The summed E-state index contributed by atoms with van der Waals surface area (Å²) >= 11 is 0. The quantitative estimate of drug-likeness (QED) is 0.491. The van der Waals surface area contributed by atoms with Gasteiger partial charge in [-0.25, -0.2) is 9.97 Å². The Balaban J connectivity index is 1.60. The van der Waals surface area contributed by atoms with Crippen LogP contribution in [0.2, 0.25) is 0 Å². The maximum atomic E-state index is 13.1. The lowest BCUT2D eigenvalue weighted by atomic mass is 10.1. The summed E-state index contributed by atoms with van der Waals surface area (Å²) in [6, 6.07) is 7.37. The highest BCUT2D eigenvalue weighted by Crippen LogP contribution is 2.34. The normalized spacial score (nSPS) is 12.6. The number of ether oxygens (including phenoxy) is 3. The van der Waals surface area contributed by atoms with E-state index in [2.05, 4.69) is 16.9 Å². The third-order valence-corrected chi connectivity index (χ3v) is 5.37. The highest BCUT2D eigenvalue weighted by atomic mass is 16.5. The van der Waals surface area contributed by atoms with Crippen LogP contribution in [0.1, 0.15) is 41.4 Å². The second-order valence-electron chi connectivity index (χ2n) is 7.53. The number of pyridine rings is 3. The smallest absolute Gasteiger partial charge is 0.260 e. The van der Waals surface area contributed by atoms with E-state index < -0.39 is 0 Å². The van der Waals surface area contributed by atoms with Gasteiger partial charge in [-0.3, -0.25) is 9.78 Å². The SMILES string of the molecule is CCCCOc1ccc(N2Cc3nc(-c4cnc(OC)c(OC)c4)cc(C)c3C2=O)cn1. The first kappa shape index (κ1) is 21.5. The van der Waals surface area contributed by atoms with Crippen molar-refractivity contribution in [2.45, 2.75) is 33.2 Å². The Morgan fingerprint density at radius 3 is 2.62 bits per heavy atom. The van der Waals surface area contributed by atoms with Crippen molar-refractivity contribution in [3.63, 3.8) is 0 Å². The van der Waals surface area contributed by atoms with Crippen molar-refractivity contribution in [1.82, 2.24) is 15.0 Å². The van der Waals surface area contributed by atoms with E-state index in [1.54, 1.807) is 37.6 Å². The molecule has 0 unspecified atom stereocenters. The van der Waals surface area contributed by atoms with Gasteiger partial charge in [-0.15, -0.1) is 0 Å². The van der Waals surface area contributed by atoms with Crippen LogP contribution >= 0.6 is 0 Å². The average molecular weight is 434 g/mol. The van der Waals surface area contributed by atoms with Crippen LogP contribution in [0.15, 0.2) is 36.7 Å². The fourth-order valence-electron chi connectivity index (χ4n) is 3.67. The van der Waals surface area contributed by atoms with Crippen molar-refractivity contribution in [2.75, 3.05) is 25.7 Å². The largest absolute Gasteiger partial charge is 0.491 e. The molecule has 0 saturated heterocycles. The van der Waals surface area contributed by atoms with Crippen LogP contribution in [0.3, 0.4) is 0 Å². The molecule has 3 aromatic rings. The van der Waals surface area contributed by atoms with Crippen molar-refractivity contribution < 1.29 is 19.0 Å². The van der Waals surface area contributed by atoms with Gasteiger partial charge in [-0.1, -0.05) is 13.3 Å². The van der Waals surface area contributed by atoms with Gasteiger partial charge in [-0.2, -0.15) is 0 Å². The molecule has 166 valence electrons. The van der Waals surface area contributed by atoms with Crippen LogP contribution in [0.4, 0.5) is 5.69 Å². The molecule has 0 saturated carbocycles. The van der Waals surface area contributed by atoms with Crippen molar-refractivity contribution >= 4 is 11.6 Å². The van der Waals surface area contributed by atoms with Gasteiger partial charge in [0.2, 0.25) is 5.88 Å². The molecule has 0 aromatic carbocycles. The Hall–Kier alpha value is -3.68. The summed E-state index contributed by atoms with van der Waals surface area (Å²) in [5.74, 6) is 1.41. The van der Waals surface area contributed by atoms with E-state index in [9.17, 15) is 4.79 Å². The third-order valence-electron chi connectivity index (χ3n) is 5.37. The molecule has 1 amide bonds. The van der Waals surface area contributed by atoms with E-state index in [4.69, 9.17) is 19.2 Å². The average Bonchev–Trinajstić information content (AvgIpc) is 3.16. The maximum Gasteiger partial charge on any atom is 0.260 e. The van der Waals surface area contributed by atoms with Gasteiger partial charge < -0.3 is 19.1 Å². The number of methoxy groups -OCH3 is 2. The number of rotatable bonds is 8. The minimum absolute atomic E-state index is 0.0802. The molecule has 0 aliphatic carbocycles. The lowest BCUT2D eigenvalue weighted by Gasteiger charge is -2.15. The van der Waals surface area contributed by atoms with E-state index in [1.807, 2.05) is 25.1 Å². The molecule has 0 N–H and O–H groups in total. The number of anilines is 1. The summed E-state index contributed by atoms with van der Waals surface area (Å²) in [4.78, 5) is 28.2. The highest BCUT2D eigenvalue weighted by Gasteiger charge is 2.32. The molecule has 0 atom stereocenters. The molecule has 32 heavy (non-hydrogen) atoms. The van der Waals surface area contributed by atoms with Crippen LogP contribution in [0, 0.1) is 6.92 Å². The molecule has 0 radical (unpaired) electrons. The second kappa shape index (κ2) is 9.21. The molecule has 3 aromatic heterocycles. The fraction of sp³-hybridized carbons (Fsp3) is 0.333. The number of fused-ring (bicyclic) bond motifs is 1. The molecule has 4 heterocycles. The third kappa shape index (κ3) is 4.08. The van der Waals surface area contributed by atoms with Crippen LogP contribution in [0.5, 0.6) is 17.5 Å². The van der Waals surface area contributed by atoms with E-state index in [0.717, 1.165) is 35.4 Å². The molecule has 8 nitrogen and oxygen atoms in total. The van der Waals surface area contributed by atoms with E-state index >= 15 is 0 Å². The number of amides is 1. The van der Waals surface area contributed by atoms with Crippen LogP contribution < -0.4 is 19.1 Å². The predicted octanol–water partition coefficient (Wildman–Crippen LogP) is 4.20. The van der Waals surface area contributed by atoms with Gasteiger partial charge in [0, 0.05) is 17.8 Å². The maximum absolute atomic E-state index is 13.1. The first-order valence-electron chi connectivity index (χ1n) is 10.5. The molecule has 0 spiro atoms. The fourth-order valence-corrected chi connectivity index (χ4v) is 3.67. The van der Waals surface area contributed by atoms with Crippen LogP contribution in [-0.2, 0) is 6.54 Å². The first-order chi connectivity index (χ1) is 15.5. The van der Waals surface area contributed by atoms with Crippen LogP contribution in [0.25, 0.3) is 11.3 Å². The Morgan fingerprint density at radius 1 is 1.09 bits per heavy atom. The van der Waals surface area contributed by atoms with Crippen molar-refractivity contribution in [1.29, 1.82) is 0 Å². The van der Waals surface area contributed by atoms with Crippen molar-refractivity contribution in [3.8, 4) is 28.8 Å². The Morgan fingerprint density at radius 2 is 1.94 bits per heavy atom. The van der Waals surface area contributed by atoms with Crippen LogP contribution in [-0.4, -0.2) is 41.7 Å². The Bertz CT molecular complexity index is 1130. The minimum atomic E-state index is -0.0802. The number of hydrogen-bond acceptors (Lipinski definition) is 7. The van der Waals surface area contributed by atoms with Crippen molar-refractivity contribution in [2.24, 2.45) is 0 Å². The van der Waals surface area contributed by atoms with E-state index in [0.29, 0.717) is 41.9 Å². The van der Waals surface area contributed by atoms with E-state index in [-0.39, 0.29) is 5.91 Å². The lowest BCUT2D eigenvalue weighted by Crippen LogP contribution is -2.23. The molecule has 8 heteroatoms. The zero-order chi connectivity index (χ0) is 22.7. The van der Waals surface area contributed by atoms with Gasteiger partial charge in [0.15, 0.2) is 5.75 Å². The molecule has 1 aliphatic rings. The Kier molecular flexibility index (Phi) is 6.20. The van der Waals surface area contributed by atoms with Gasteiger partial charge in [0.05, 0.1) is 56.2 Å². The summed E-state index contributed by atoms with van der Waals surface area (Å²) in [7, 11) is 3.11. The molecule has 0 fully saturated rings. The monoisotopic (exact) mass is 434 g/mol. The zero-order valence-corrected chi connectivity index (χ0v) is 18.7. The number of hydrogen-bond donors (Lipinski definition) is 0. The number of nitrogens with zero attached hydrogens (tertiary/aromatic N) is 4. The molecule has 4 rings (SSSR count). The van der Waals surface area contributed by atoms with Gasteiger partial charge in [0.25, 0.3) is 11.8 Å². The van der Waals surface area contributed by atoms with Gasteiger partial charge >= 0.3 is 0 Å². The highest BCUT2D eigenvalue weighted by molar-refractivity contribution is 6.10. The number of aryl methyl sites for hydroxylation is 1. The zero-order valence-electron chi connectivity index (χ0n) is 18.7. The van der Waals surface area contributed by atoms with Gasteiger partial charge in [0.1, 0.15) is 0 Å². The summed E-state index contributed by atoms with van der Waals surface area (Å²) in [6.45, 7) is 5.04. The second-order valence-corrected chi connectivity index (χ2v) is 7.53. The number of unbranched alkanes of at least 4 members (excludes halogenated alkanes) is 1. The summed E-state index contributed by atoms with van der Waals surface area (Å²) < 4.78 is 16.2. The van der Waals surface area contributed by atoms with Crippen molar-refractivity contribution in [3.05, 3.63) is 53.5 Å². The lowest BCUT2D eigenvalue weighted by molar-refractivity contribution is 0.0996. The predicted molar refractivity (Wildman–Crippen MR) is 120 cm³/mol. The molecular formula is C24H26N4O4. The molecular weight excluding hydrogens is 408 g/mol. The standard InChI is InChI=1S/C24H26N4O4/c1-5-6-9-32-21-8-7-17(13-25-21)28-14-19-22(24(28)29)15(2)10-18(27-19)16-11-20(30-3)23(31-4)26-12-16/h7-8,10-13H,5-6,9,14H2,1-4H3.